The van der Waals surface area contributed by atoms with E-state index >= 15 is 0 Å². The summed E-state index contributed by atoms with van der Waals surface area (Å²) in [5.41, 5.74) is 3.55. The summed E-state index contributed by atoms with van der Waals surface area (Å²) in [5, 5.41) is 0. The first-order chi connectivity index (χ1) is 9.61. The van der Waals surface area contributed by atoms with Gasteiger partial charge in [0.15, 0.2) is 5.65 Å². The molecule has 0 N–H and O–H groups in total. The van der Waals surface area contributed by atoms with Gasteiger partial charge in [-0.25, -0.2) is 4.98 Å². The maximum absolute atomic E-state index is 12.8. The second-order valence-corrected chi connectivity index (χ2v) is 6.17. The van der Waals surface area contributed by atoms with E-state index in [0.717, 1.165) is 59.4 Å². The Bertz CT molecular complexity index is 671. The monoisotopic (exact) mass is 335 g/mol. The summed E-state index contributed by atoms with van der Waals surface area (Å²) in [7, 11) is 0. The van der Waals surface area contributed by atoms with Crippen molar-refractivity contribution < 1.29 is 4.79 Å². The van der Waals surface area contributed by atoms with Crippen molar-refractivity contribution in [3.05, 3.63) is 33.7 Å². The zero-order valence-corrected chi connectivity index (χ0v) is 13.4. The molecule has 3 rings (SSSR count). The van der Waals surface area contributed by atoms with E-state index in [1.54, 1.807) is 0 Å². The van der Waals surface area contributed by atoms with Crippen molar-refractivity contribution in [3.63, 3.8) is 0 Å². The highest BCUT2D eigenvalue weighted by Crippen LogP contribution is 2.24. The number of aromatic nitrogens is 2. The van der Waals surface area contributed by atoms with Gasteiger partial charge in [0.05, 0.1) is 10.2 Å². The maximum atomic E-state index is 12.8. The molecule has 0 unspecified atom stereocenters. The van der Waals surface area contributed by atoms with Gasteiger partial charge in [0.2, 0.25) is 0 Å². The molecule has 0 aromatic carbocycles. The molecule has 2 aromatic heterocycles. The molecule has 106 valence electrons. The molecule has 0 radical (unpaired) electrons. The van der Waals surface area contributed by atoms with Gasteiger partial charge in [0.25, 0.3) is 5.91 Å². The van der Waals surface area contributed by atoms with Crippen LogP contribution in [0.5, 0.6) is 0 Å². The summed E-state index contributed by atoms with van der Waals surface area (Å²) in [4.78, 5) is 19.4. The van der Waals surface area contributed by atoms with Gasteiger partial charge in [-0.1, -0.05) is 6.92 Å². The summed E-state index contributed by atoms with van der Waals surface area (Å²) in [6.07, 6.45) is 4.97. The minimum atomic E-state index is 0.115. The van der Waals surface area contributed by atoms with Gasteiger partial charge in [-0.2, -0.15) is 0 Å². The molecule has 0 saturated carbocycles. The van der Waals surface area contributed by atoms with Gasteiger partial charge >= 0.3 is 0 Å². The number of carbonyl (C=O) groups is 1. The zero-order valence-electron chi connectivity index (χ0n) is 11.8. The molecule has 1 aliphatic heterocycles. The molecule has 5 heteroatoms. The predicted octanol–water partition coefficient (Wildman–Crippen LogP) is 3.20. The summed E-state index contributed by atoms with van der Waals surface area (Å²) in [6.45, 7) is 5.80. The van der Waals surface area contributed by atoms with Crippen LogP contribution in [0.3, 0.4) is 0 Å². The number of hydrogen-bond acceptors (Lipinski definition) is 2. The minimum absolute atomic E-state index is 0.115. The fourth-order valence-electron chi connectivity index (χ4n) is 2.82. The van der Waals surface area contributed by atoms with Crippen LogP contribution in [0.4, 0.5) is 0 Å². The number of rotatable bonds is 2. The third-order valence-electron chi connectivity index (χ3n) is 3.81. The van der Waals surface area contributed by atoms with Crippen LogP contribution in [0, 0.1) is 6.92 Å². The van der Waals surface area contributed by atoms with Crippen molar-refractivity contribution in [2.24, 2.45) is 0 Å². The van der Waals surface area contributed by atoms with Gasteiger partial charge in [-0.3, -0.25) is 9.20 Å². The quantitative estimate of drug-likeness (QED) is 0.845. The van der Waals surface area contributed by atoms with Crippen LogP contribution in [0.25, 0.3) is 5.65 Å². The van der Waals surface area contributed by atoms with E-state index in [0.29, 0.717) is 0 Å². The molecular formula is C15H18BrN3O. The van der Waals surface area contributed by atoms with Crippen LogP contribution < -0.4 is 0 Å². The van der Waals surface area contributed by atoms with Gasteiger partial charge < -0.3 is 4.90 Å². The number of halogens is 1. The first kappa shape index (κ1) is 13.6. The van der Waals surface area contributed by atoms with E-state index in [1.165, 1.54) is 0 Å². The second kappa shape index (κ2) is 5.20. The Morgan fingerprint density at radius 1 is 1.40 bits per heavy atom. The van der Waals surface area contributed by atoms with Crippen molar-refractivity contribution >= 4 is 27.5 Å². The fourth-order valence-corrected chi connectivity index (χ4v) is 3.46. The van der Waals surface area contributed by atoms with Gasteiger partial charge in [0.1, 0.15) is 5.69 Å². The fraction of sp³-hybridized carbons (Fsp3) is 0.467. The van der Waals surface area contributed by atoms with Crippen LogP contribution in [0.15, 0.2) is 16.7 Å². The van der Waals surface area contributed by atoms with Crippen molar-refractivity contribution in [2.45, 2.75) is 33.1 Å². The Balaban J connectivity index is 2.19. The molecule has 4 nitrogen and oxygen atoms in total. The molecular weight excluding hydrogens is 318 g/mol. The molecule has 0 bridgehead atoms. The van der Waals surface area contributed by atoms with Crippen LogP contribution in [0.2, 0.25) is 0 Å². The molecule has 1 amide bonds. The summed E-state index contributed by atoms with van der Waals surface area (Å²) < 4.78 is 2.88. The minimum Gasteiger partial charge on any atom is -0.337 e. The molecule has 2 aromatic rings. The van der Waals surface area contributed by atoms with Crippen LogP contribution in [-0.2, 0) is 6.42 Å². The number of hydrogen-bond donors (Lipinski definition) is 0. The van der Waals surface area contributed by atoms with Crippen LogP contribution >= 0.6 is 15.9 Å². The van der Waals surface area contributed by atoms with E-state index in [2.05, 4.69) is 20.9 Å². The van der Waals surface area contributed by atoms with E-state index in [-0.39, 0.29) is 5.91 Å². The predicted molar refractivity (Wildman–Crippen MR) is 82.1 cm³/mol. The average molecular weight is 336 g/mol. The Morgan fingerprint density at radius 2 is 2.10 bits per heavy atom. The van der Waals surface area contributed by atoms with Gasteiger partial charge in [-0.05, 0) is 53.7 Å². The molecule has 1 aliphatic rings. The number of likely N-dealkylation sites (tertiary alicyclic amines) is 1. The average Bonchev–Trinajstić information content (AvgIpc) is 3.04. The smallest absolute Gasteiger partial charge is 0.272 e. The third kappa shape index (κ3) is 2.14. The molecule has 0 aliphatic carbocycles. The molecule has 20 heavy (non-hydrogen) atoms. The van der Waals surface area contributed by atoms with Crippen molar-refractivity contribution in [1.29, 1.82) is 0 Å². The molecule has 1 fully saturated rings. The summed E-state index contributed by atoms with van der Waals surface area (Å²) >= 11 is 3.55. The summed E-state index contributed by atoms with van der Waals surface area (Å²) in [6, 6.07) is 2.03. The number of nitrogens with zero attached hydrogens (tertiary/aromatic N) is 3. The first-order valence-electron chi connectivity index (χ1n) is 7.08. The third-order valence-corrected chi connectivity index (χ3v) is 4.40. The Morgan fingerprint density at radius 3 is 2.75 bits per heavy atom. The highest BCUT2D eigenvalue weighted by Gasteiger charge is 2.26. The number of amides is 1. The maximum Gasteiger partial charge on any atom is 0.272 e. The standard InChI is InChI=1S/C15H18BrN3O/c1-3-12-13(15(20)18-6-4-5-7-18)19-9-10(2)8-11(16)14(19)17-12/h8-9H,3-7H2,1-2H3. The highest BCUT2D eigenvalue weighted by atomic mass is 79.9. The number of imidazole rings is 1. The van der Waals surface area contributed by atoms with Crippen molar-refractivity contribution in [1.82, 2.24) is 14.3 Å². The van der Waals surface area contributed by atoms with E-state index in [4.69, 9.17) is 0 Å². The number of fused-ring (bicyclic) bond motifs is 1. The van der Waals surface area contributed by atoms with E-state index in [9.17, 15) is 4.79 Å². The summed E-state index contributed by atoms with van der Waals surface area (Å²) in [5.74, 6) is 0.115. The lowest BCUT2D eigenvalue weighted by molar-refractivity contribution is 0.0785. The SMILES string of the molecule is CCc1nc2c(Br)cc(C)cn2c1C(=O)N1CCCC1. The second-order valence-electron chi connectivity index (χ2n) is 5.32. The normalized spacial score (nSPS) is 15.2. The number of pyridine rings is 1. The highest BCUT2D eigenvalue weighted by molar-refractivity contribution is 9.10. The largest absolute Gasteiger partial charge is 0.337 e. The number of aryl methyl sites for hydroxylation is 2. The van der Waals surface area contributed by atoms with Crippen LogP contribution in [-0.4, -0.2) is 33.3 Å². The lowest BCUT2D eigenvalue weighted by atomic mass is 10.2. The molecule has 3 heterocycles. The van der Waals surface area contributed by atoms with E-state index in [1.807, 2.05) is 35.4 Å². The van der Waals surface area contributed by atoms with Gasteiger partial charge in [0, 0.05) is 19.3 Å². The van der Waals surface area contributed by atoms with E-state index < -0.39 is 0 Å². The van der Waals surface area contributed by atoms with Crippen molar-refractivity contribution in [2.75, 3.05) is 13.1 Å². The number of carbonyl (C=O) groups excluding carboxylic acids is 1. The Labute approximate surface area is 126 Å². The zero-order chi connectivity index (χ0) is 14.3. The first-order valence-corrected chi connectivity index (χ1v) is 7.87. The lowest BCUT2D eigenvalue weighted by Crippen LogP contribution is -2.29. The Kier molecular flexibility index (Phi) is 3.54. The Hall–Kier alpha value is -1.36. The van der Waals surface area contributed by atoms with Gasteiger partial charge in [-0.15, -0.1) is 0 Å². The molecule has 1 saturated heterocycles. The molecule has 0 atom stereocenters. The topological polar surface area (TPSA) is 37.6 Å². The lowest BCUT2D eigenvalue weighted by Gasteiger charge is -2.15. The van der Waals surface area contributed by atoms with Crippen LogP contribution in [0.1, 0.15) is 41.5 Å². The van der Waals surface area contributed by atoms with Crippen molar-refractivity contribution in [3.8, 4) is 0 Å². The molecule has 0 spiro atoms.